The Morgan fingerprint density at radius 2 is 2.29 bits per heavy atom. The van der Waals surface area contributed by atoms with Crippen LogP contribution in [-0.2, 0) is 4.74 Å². The summed E-state index contributed by atoms with van der Waals surface area (Å²) >= 11 is 0. The molecule has 0 bridgehead atoms. The van der Waals surface area contributed by atoms with Gasteiger partial charge in [0.25, 0.3) is 0 Å². The predicted octanol–water partition coefficient (Wildman–Crippen LogP) is 2.82. The number of aromatic amines is 1. The summed E-state index contributed by atoms with van der Waals surface area (Å²) < 4.78 is 26.7. The van der Waals surface area contributed by atoms with Crippen LogP contribution in [0.25, 0.3) is 27.8 Å². The lowest BCUT2D eigenvalue weighted by Gasteiger charge is -2.26. The number of halogens is 1. The van der Waals surface area contributed by atoms with E-state index in [0.29, 0.717) is 30.5 Å². The Kier molecular flexibility index (Phi) is 4.09. The fourth-order valence-corrected chi connectivity index (χ4v) is 3.55. The van der Waals surface area contributed by atoms with Crippen molar-refractivity contribution in [1.29, 1.82) is 0 Å². The number of pyridine rings is 1. The van der Waals surface area contributed by atoms with Gasteiger partial charge < -0.3 is 24.2 Å². The molecule has 8 nitrogen and oxygen atoms in total. The molecule has 4 aromatic rings. The van der Waals surface area contributed by atoms with E-state index in [1.165, 1.54) is 0 Å². The highest BCUT2D eigenvalue weighted by Gasteiger charge is 2.26. The van der Waals surface area contributed by atoms with Crippen LogP contribution in [0.2, 0.25) is 0 Å². The minimum Gasteiger partial charge on any atom is -0.480 e. The zero-order valence-electron chi connectivity index (χ0n) is 15.2. The zero-order chi connectivity index (χ0) is 19.1. The predicted molar refractivity (Wildman–Crippen MR) is 102 cm³/mol. The number of hydrogen-bond donors (Lipinski definition) is 2. The van der Waals surface area contributed by atoms with Crippen molar-refractivity contribution in [1.82, 2.24) is 24.3 Å². The number of nitrogens with zero attached hydrogens (tertiary/aromatic N) is 4. The Bertz CT molecular complexity index is 1140. The lowest BCUT2D eigenvalue weighted by Crippen LogP contribution is -2.39. The van der Waals surface area contributed by atoms with E-state index >= 15 is 0 Å². The van der Waals surface area contributed by atoms with E-state index < -0.39 is 6.17 Å². The van der Waals surface area contributed by atoms with Crippen LogP contribution in [0.4, 0.5) is 10.3 Å². The van der Waals surface area contributed by atoms with Gasteiger partial charge in [0.15, 0.2) is 0 Å². The molecule has 0 radical (unpaired) electrons. The van der Waals surface area contributed by atoms with Gasteiger partial charge in [0.2, 0.25) is 11.8 Å². The smallest absolute Gasteiger partial charge is 0.228 e. The number of rotatable bonds is 4. The summed E-state index contributed by atoms with van der Waals surface area (Å²) in [6.45, 7) is 0.598. The molecule has 0 aliphatic carbocycles. The summed E-state index contributed by atoms with van der Waals surface area (Å²) in [6, 6.07) is 3.56. The van der Waals surface area contributed by atoms with Gasteiger partial charge in [-0.1, -0.05) is 0 Å². The Morgan fingerprint density at radius 1 is 1.36 bits per heavy atom. The number of ether oxygens (including phenoxy) is 2. The second-order valence-corrected chi connectivity index (χ2v) is 6.72. The molecule has 0 saturated carbocycles. The fraction of sp³-hybridized carbons (Fsp3) is 0.316. The molecular weight excluding hydrogens is 363 g/mol. The van der Waals surface area contributed by atoms with Crippen molar-refractivity contribution >= 4 is 22.6 Å². The quantitative estimate of drug-likeness (QED) is 0.564. The van der Waals surface area contributed by atoms with Crippen LogP contribution >= 0.6 is 0 Å². The van der Waals surface area contributed by atoms with Gasteiger partial charge in [-0.3, -0.25) is 0 Å². The van der Waals surface area contributed by atoms with E-state index in [-0.39, 0.29) is 12.6 Å². The van der Waals surface area contributed by atoms with Crippen LogP contribution < -0.4 is 10.1 Å². The van der Waals surface area contributed by atoms with Crippen molar-refractivity contribution in [3.63, 3.8) is 0 Å². The van der Waals surface area contributed by atoms with Gasteiger partial charge in [0, 0.05) is 42.5 Å². The molecule has 0 aromatic carbocycles. The van der Waals surface area contributed by atoms with E-state index in [9.17, 15) is 4.39 Å². The van der Waals surface area contributed by atoms with Crippen LogP contribution in [0.3, 0.4) is 0 Å². The highest BCUT2D eigenvalue weighted by atomic mass is 19.1. The number of aromatic nitrogens is 5. The van der Waals surface area contributed by atoms with Crippen LogP contribution in [-0.4, -0.2) is 56.9 Å². The maximum atomic E-state index is 14.1. The molecule has 4 aromatic heterocycles. The SMILES string of the molecule is COc1nc(NC2CCOC[C@H]2F)nc2[nH]cc(-c3ccc4nccn4c3)c12. The summed E-state index contributed by atoms with van der Waals surface area (Å²) in [6.07, 6.45) is 6.98. The number of alkyl halides is 1. The minimum absolute atomic E-state index is 0.0838. The maximum Gasteiger partial charge on any atom is 0.228 e. The Labute approximate surface area is 159 Å². The molecule has 1 saturated heterocycles. The zero-order valence-corrected chi connectivity index (χ0v) is 15.2. The first-order valence-electron chi connectivity index (χ1n) is 9.07. The molecule has 28 heavy (non-hydrogen) atoms. The largest absolute Gasteiger partial charge is 0.480 e. The molecule has 2 atom stereocenters. The monoisotopic (exact) mass is 382 g/mol. The third kappa shape index (κ3) is 2.84. The van der Waals surface area contributed by atoms with Gasteiger partial charge in [0.05, 0.1) is 25.1 Å². The average molecular weight is 382 g/mol. The highest BCUT2D eigenvalue weighted by molar-refractivity contribution is 5.97. The molecule has 5 heterocycles. The van der Waals surface area contributed by atoms with E-state index in [1.807, 2.05) is 35.1 Å². The Morgan fingerprint density at radius 3 is 3.14 bits per heavy atom. The second kappa shape index (κ2) is 6.75. The summed E-state index contributed by atoms with van der Waals surface area (Å²) in [7, 11) is 1.56. The third-order valence-electron chi connectivity index (χ3n) is 4.99. The van der Waals surface area contributed by atoms with Gasteiger partial charge >= 0.3 is 0 Å². The van der Waals surface area contributed by atoms with Crippen molar-refractivity contribution in [3.8, 4) is 17.0 Å². The molecule has 2 N–H and O–H groups in total. The van der Waals surface area contributed by atoms with Crippen LogP contribution in [0, 0.1) is 0 Å². The van der Waals surface area contributed by atoms with E-state index in [2.05, 4.69) is 25.3 Å². The third-order valence-corrected chi connectivity index (χ3v) is 4.99. The van der Waals surface area contributed by atoms with E-state index in [4.69, 9.17) is 9.47 Å². The van der Waals surface area contributed by atoms with Crippen molar-refractivity contribution in [2.24, 2.45) is 0 Å². The van der Waals surface area contributed by atoms with Crippen molar-refractivity contribution < 1.29 is 13.9 Å². The lowest BCUT2D eigenvalue weighted by molar-refractivity contribution is 0.0284. The molecule has 144 valence electrons. The number of hydrogen-bond acceptors (Lipinski definition) is 6. The number of fused-ring (bicyclic) bond motifs is 2. The van der Waals surface area contributed by atoms with Gasteiger partial charge in [-0.15, -0.1) is 0 Å². The molecular formula is C19H19FN6O2. The Balaban J connectivity index is 1.55. The summed E-state index contributed by atoms with van der Waals surface area (Å²) in [5, 5.41) is 3.85. The van der Waals surface area contributed by atoms with E-state index in [0.717, 1.165) is 22.2 Å². The van der Waals surface area contributed by atoms with Crippen molar-refractivity contribution in [3.05, 3.63) is 36.9 Å². The van der Waals surface area contributed by atoms with Crippen molar-refractivity contribution in [2.75, 3.05) is 25.6 Å². The first-order valence-corrected chi connectivity index (χ1v) is 9.07. The molecule has 9 heteroatoms. The highest BCUT2D eigenvalue weighted by Crippen LogP contribution is 2.34. The molecule has 0 amide bonds. The number of methoxy groups -OCH3 is 1. The van der Waals surface area contributed by atoms with Gasteiger partial charge in [0.1, 0.15) is 17.5 Å². The number of anilines is 1. The molecule has 1 unspecified atom stereocenters. The minimum atomic E-state index is -1.10. The van der Waals surface area contributed by atoms with Gasteiger partial charge in [-0.05, 0) is 18.6 Å². The topological polar surface area (TPSA) is 89.4 Å². The number of imidazole rings is 1. The fourth-order valence-electron chi connectivity index (χ4n) is 3.55. The normalized spacial score (nSPS) is 19.9. The summed E-state index contributed by atoms with van der Waals surface area (Å²) in [4.78, 5) is 16.4. The number of nitrogens with one attached hydrogen (secondary N) is 2. The lowest BCUT2D eigenvalue weighted by atomic mass is 10.1. The molecule has 1 aliphatic heterocycles. The molecule has 1 aliphatic rings. The van der Waals surface area contributed by atoms with Gasteiger partial charge in [-0.2, -0.15) is 9.97 Å². The van der Waals surface area contributed by atoms with E-state index in [1.54, 1.807) is 13.3 Å². The molecule has 0 spiro atoms. The first kappa shape index (κ1) is 16.9. The van der Waals surface area contributed by atoms with Gasteiger partial charge in [-0.25, -0.2) is 9.37 Å². The number of H-pyrrole nitrogens is 1. The summed E-state index contributed by atoms with van der Waals surface area (Å²) in [5.74, 6) is 0.759. The Hall–Kier alpha value is -3.20. The standard InChI is InChI=1S/C19H19FN6O2/c1-27-18-16-12(11-2-3-15-21-5-6-26(15)9-11)8-22-17(16)24-19(25-18)23-14-4-7-28-10-13(14)20/h2-3,5-6,8-9,13-14H,4,7,10H2,1H3,(H2,22,23,24,25)/t13-,14?/m1/s1. The molecule has 5 rings (SSSR count). The van der Waals surface area contributed by atoms with Crippen LogP contribution in [0.15, 0.2) is 36.9 Å². The average Bonchev–Trinajstić information content (AvgIpc) is 3.35. The first-order chi connectivity index (χ1) is 13.7. The van der Waals surface area contributed by atoms with Crippen molar-refractivity contribution in [2.45, 2.75) is 18.6 Å². The second-order valence-electron chi connectivity index (χ2n) is 6.72. The summed E-state index contributed by atoms with van der Waals surface area (Å²) in [5.41, 5.74) is 3.39. The maximum absolute atomic E-state index is 14.1. The molecule has 1 fully saturated rings. The van der Waals surface area contributed by atoms with Crippen LogP contribution in [0.5, 0.6) is 5.88 Å². The van der Waals surface area contributed by atoms with Crippen LogP contribution in [0.1, 0.15) is 6.42 Å².